The number of hydrogen-bond acceptors (Lipinski definition) is 2. The Bertz CT molecular complexity index is 377. The molecule has 0 aliphatic rings. The minimum absolute atomic E-state index is 0.479. The maximum atomic E-state index is 11.5. The highest BCUT2D eigenvalue weighted by Crippen LogP contribution is 2.28. The van der Waals surface area contributed by atoms with Gasteiger partial charge in [0.25, 0.3) is 0 Å². The summed E-state index contributed by atoms with van der Waals surface area (Å²) in [7, 11) is 0. The summed E-state index contributed by atoms with van der Waals surface area (Å²) in [5.74, 6) is -0.575. The summed E-state index contributed by atoms with van der Waals surface area (Å²) in [6, 6.07) is 5.57. The summed E-state index contributed by atoms with van der Waals surface area (Å²) in [5.41, 5.74) is 4.77. The summed E-state index contributed by atoms with van der Waals surface area (Å²) in [5, 5.41) is 9.25. The van der Waals surface area contributed by atoms with E-state index in [0.717, 1.165) is 19.3 Å². The minimum atomic E-state index is -1.20. The van der Waals surface area contributed by atoms with Crippen LogP contribution in [0.4, 0.5) is 0 Å². The minimum Gasteiger partial charge on any atom is -0.368 e. The topological polar surface area (TPSA) is 82.7 Å². The molecule has 3 N–H and O–H groups in total. The van der Waals surface area contributed by atoms with Gasteiger partial charge in [0.15, 0.2) is 5.41 Å². The molecule has 0 radical (unpaired) electrons. The van der Waals surface area contributed by atoms with Gasteiger partial charge in [-0.15, -0.1) is 0 Å². The monoisotopic (exact) mass is 219 g/mol. The molecule has 0 bridgehead atoms. The zero-order valence-corrected chi connectivity index (χ0v) is 9.49. The van der Waals surface area contributed by atoms with Gasteiger partial charge in [0.1, 0.15) is 0 Å². The van der Waals surface area contributed by atoms with Gasteiger partial charge in [0.2, 0.25) is 5.91 Å². The van der Waals surface area contributed by atoms with Crippen LogP contribution in [0.3, 0.4) is 0 Å². The van der Waals surface area contributed by atoms with Gasteiger partial charge < -0.3 is 10.7 Å². The smallest absolute Gasteiger partial charge is 0.243 e. The van der Waals surface area contributed by atoms with E-state index in [1.54, 1.807) is 18.3 Å². The number of unbranched alkanes of at least 4 members (excludes halogenated alkanes) is 2. The van der Waals surface area contributed by atoms with Crippen LogP contribution in [-0.4, -0.2) is 10.9 Å². The molecule has 0 saturated carbocycles. The van der Waals surface area contributed by atoms with Crippen molar-refractivity contribution in [2.75, 3.05) is 0 Å². The summed E-state index contributed by atoms with van der Waals surface area (Å²) in [6.45, 7) is 2.08. The number of nitrogens with two attached hydrogens (primary N) is 1. The maximum absolute atomic E-state index is 11.5. The third-order valence-electron chi connectivity index (χ3n) is 2.82. The van der Waals surface area contributed by atoms with E-state index >= 15 is 0 Å². The quantitative estimate of drug-likeness (QED) is 0.715. The number of H-pyrrole nitrogens is 1. The Morgan fingerprint density at radius 2 is 2.38 bits per heavy atom. The fourth-order valence-corrected chi connectivity index (χ4v) is 1.80. The van der Waals surface area contributed by atoms with E-state index in [0.29, 0.717) is 12.1 Å². The lowest BCUT2D eigenvalue weighted by atomic mass is 9.80. The first kappa shape index (κ1) is 12.3. The van der Waals surface area contributed by atoms with Gasteiger partial charge in [0, 0.05) is 11.9 Å². The van der Waals surface area contributed by atoms with Crippen LogP contribution in [0, 0.1) is 11.3 Å². The van der Waals surface area contributed by atoms with Crippen molar-refractivity contribution in [3.05, 3.63) is 24.0 Å². The van der Waals surface area contributed by atoms with E-state index in [4.69, 9.17) is 5.73 Å². The number of aromatic nitrogens is 1. The summed E-state index contributed by atoms with van der Waals surface area (Å²) < 4.78 is 0. The van der Waals surface area contributed by atoms with Crippen LogP contribution >= 0.6 is 0 Å². The number of aromatic amines is 1. The number of primary amides is 1. The molecule has 4 nitrogen and oxygen atoms in total. The number of nitrogens with zero attached hydrogens (tertiary/aromatic N) is 1. The summed E-state index contributed by atoms with van der Waals surface area (Å²) in [6.07, 6.45) is 5.05. The van der Waals surface area contributed by atoms with Crippen LogP contribution in [0.1, 0.15) is 38.3 Å². The van der Waals surface area contributed by atoms with Crippen molar-refractivity contribution in [3.8, 4) is 6.07 Å². The van der Waals surface area contributed by atoms with Crippen LogP contribution in [-0.2, 0) is 10.2 Å². The Labute approximate surface area is 95.5 Å². The van der Waals surface area contributed by atoms with Gasteiger partial charge in [-0.2, -0.15) is 5.26 Å². The Balaban J connectivity index is 2.93. The number of carbonyl (C=O) groups is 1. The number of rotatable bonds is 6. The molecule has 1 heterocycles. The second-order valence-corrected chi connectivity index (χ2v) is 3.92. The molecule has 4 heteroatoms. The lowest BCUT2D eigenvalue weighted by Gasteiger charge is -2.21. The first-order chi connectivity index (χ1) is 7.67. The molecule has 1 aromatic heterocycles. The number of nitriles is 1. The van der Waals surface area contributed by atoms with E-state index in [1.165, 1.54) is 0 Å². The van der Waals surface area contributed by atoms with Gasteiger partial charge in [0.05, 0.1) is 6.07 Å². The van der Waals surface area contributed by atoms with Gasteiger partial charge in [-0.3, -0.25) is 4.79 Å². The molecule has 0 aromatic carbocycles. The fraction of sp³-hybridized carbons (Fsp3) is 0.500. The molecule has 16 heavy (non-hydrogen) atoms. The largest absolute Gasteiger partial charge is 0.368 e. The molecule has 1 atom stereocenters. The molecule has 0 fully saturated rings. The normalized spacial score (nSPS) is 14.0. The number of carbonyl (C=O) groups excluding carboxylic acids is 1. The molecule has 1 aromatic rings. The van der Waals surface area contributed by atoms with E-state index < -0.39 is 11.3 Å². The van der Waals surface area contributed by atoms with E-state index in [9.17, 15) is 10.1 Å². The lowest BCUT2D eigenvalue weighted by Crippen LogP contribution is -2.40. The Morgan fingerprint density at radius 3 is 2.81 bits per heavy atom. The molecule has 0 saturated heterocycles. The molecule has 0 aliphatic heterocycles. The molecule has 1 amide bonds. The standard InChI is InChI=1S/C12H17N3O/c1-2-3-4-7-12(9-13,11(14)16)10-6-5-8-15-10/h5-6,8,15H,2-4,7H2,1H3,(H2,14,16). The number of hydrogen-bond donors (Lipinski definition) is 2. The van der Waals surface area contributed by atoms with Gasteiger partial charge >= 0.3 is 0 Å². The molecule has 86 valence electrons. The van der Waals surface area contributed by atoms with Crippen molar-refractivity contribution in [3.63, 3.8) is 0 Å². The zero-order valence-electron chi connectivity index (χ0n) is 9.49. The lowest BCUT2D eigenvalue weighted by molar-refractivity contribution is -0.122. The van der Waals surface area contributed by atoms with Crippen LogP contribution in [0.15, 0.2) is 18.3 Å². The van der Waals surface area contributed by atoms with Crippen LogP contribution in [0.5, 0.6) is 0 Å². The molecule has 0 spiro atoms. The molecular weight excluding hydrogens is 202 g/mol. The molecular formula is C12H17N3O. The first-order valence-corrected chi connectivity index (χ1v) is 5.52. The van der Waals surface area contributed by atoms with Crippen LogP contribution in [0.2, 0.25) is 0 Å². The predicted molar refractivity (Wildman–Crippen MR) is 61.4 cm³/mol. The fourth-order valence-electron chi connectivity index (χ4n) is 1.80. The van der Waals surface area contributed by atoms with E-state index in [1.807, 2.05) is 0 Å². The number of nitrogens with one attached hydrogen (secondary N) is 1. The van der Waals surface area contributed by atoms with Crippen molar-refractivity contribution >= 4 is 5.91 Å². The van der Waals surface area contributed by atoms with Crippen molar-refractivity contribution in [1.82, 2.24) is 4.98 Å². The van der Waals surface area contributed by atoms with Crippen molar-refractivity contribution in [1.29, 1.82) is 5.26 Å². The Kier molecular flexibility index (Phi) is 4.12. The highest BCUT2D eigenvalue weighted by Gasteiger charge is 2.39. The Hall–Kier alpha value is -1.76. The second kappa shape index (κ2) is 5.36. The van der Waals surface area contributed by atoms with Crippen LogP contribution < -0.4 is 5.73 Å². The second-order valence-electron chi connectivity index (χ2n) is 3.92. The highest BCUT2D eigenvalue weighted by atomic mass is 16.1. The summed E-state index contributed by atoms with van der Waals surface area (Å²) >= 11 is 0. The van der Waals surface area contributed by atoms with Gasteiger partial charge in [-0.1, -0.05) is 26.2 Å². The first-order valence-electron chi connectivity index (χ1n) is 5.52. The maximum Gasteiger partial charge on any atom is 0.243 e. The van der Waals surface area contributed by atoms with Crippen molar-refractivity contribution < 1.29 is 4.79 Å². The third-order valence-corrected chi connectivity index (χ3v) is 2.82. The molecule has 1 unspecified atom stereocenters. The predicted octanol–water partition coefficient (Wildman–Crippen LogP) is 1.84. The zero-order chi connectivity index (χ0) is 12.0. The number of amides is 1. The average molecular weight is 219 g/mol. The van der Waals surface area contributed by atoms with E-state index in [-0.39, 0.29) is 0 Å². The third kappa shape index (κ3) is 2.25. The molecule has 1 rings (SSSR count). The van der Waals surface area contributed by atoms with Gasteiger partial charge in [-0.05, 0) is 18.6 Å². The van der Waals surface area contributed by atoms with E-state index in [2.05, 4.69) is 18.0 Å². The van der Waals surface area contributed by atoms with Crippen molar-refractivity contribution in [2.24, 2.45) is 5.73 Å². The molecule has 0 aliphatic carbocycles. The van der Waals surface area contributed by atoms with Crippen molar-refractivity contribution in [2.45, 2.75) is 38.0 Å². The average Bonchev–Trinajstić information content (AvgIpc) is 2.78. The Morgan fingerprint density at radius 1 is 1.62 bits per heavy atom. The summed E-state index contributed by atoms with van der Waals surface area (Å²) in [4.78, 5) is 14.4. The van der Waals surface area contributed by atoms with Gasteiger partial charge in [-0.25, -0.2) is 0 Å². The van der Waals surface area contributed by atoms with Crippen LogP contribution in [0.25, 0.3) is 0 Å². The SMILES string of the molecule is CCCCCC(C#N)(C(N)=O)c1ccc[nH]1. The highest BCUT2D eigenvalue weighted by molar-refractivity contribution is 5.89.